The fraction of sp³-hybridized carbons (Fsp3) is 0.476. The molecule has 0 N–H and O–H groups in total. The van der Waals surface area contributed by atoms with Gasteiger partial charge in [-0.2, -0.15) is 0 Å². The number of piperidine rings is 2. The first-order chi connectivity index (χ1) is 12.7. The van der Waals surface area contributed by atoms with Crippen molar-refractivity contribution in [3.05, 3.63) is 54.0 Å². The van der Waals surface area contributed by atoms with Crippen LogP contribution in [-0.4, -0.2) is 40.4 Å². The number of anilines is 1. The zero-order chi connectivity index (χ0) is 18.0. The minimum absolute atomic E-state index is 0.179. The standard InChI is InChI=1S/C21H26N4O/c1-17-5-2-11-23-20(17)24-12-4-8-21(15-24)9-7-19(26)25(16-21)14-18-6-3-10-22-13-18/h2-3,5-6,10-11,13H,4,7-9,12,14-16H2,1H3. The average molecular weight is 350 g/mol. The van der Waals surface area contributed by atoms with Crippen LogP contribution in [0.2, 0.25) is 0 Å². The van der Waals surface area contributed by atoms with E-state index in [0.717, 1.165) is 43.9 Å². The highest BCUT2D eigenvalue weighted by Gasteiger charge is 2.42. The van der Waals surface area contributed by atoms with Gasteiger partial charge in [0, 0.05) is 56.6 Å². The van der Waals surface area contributed by atoms with Crippen molar-refractivity contribution in [1.29, 1.82) is 0 Å². The number of rotatable bonds is 3. The van der Waals surface area contributed by atoms with Crippen molar-refractivity contribution in [1.82, 2.24) is 14.9 Å². The number of aromatic nitrogens is 2. The molecule has 4 heterocycles. The summed E-state index contributed by atoms with van der Waals surface area (Å²) in [5, 5.41) is 0. The van der Waals surface area contributed by atoms with Crippen LogP contribution in [0.3, 0.4) is 0 Å². The van der Waals surface area contributed by atoms with E-state index in [1.807, 2.05) is 35.5 Å². The highest BCUT2D eigenvalue weighted by atomic mass is 16.2. The van der Waals surface area contributed by atoms with E-state index in [1.165, 1.54) is 12.0 Å². The maximum absolute atomic E-state index is 12.5. The van der Waals surface area contributed by atoms with Gasteiger partial charge in [0.1, 0.15) is 5.82 Å². The van der Waals surface area contributed by atoms with Crippen molar-refractivity contribution < 1.29 is 4.79 Å². The van der Waals surface area contributed by atoms with Crippen LogP contribution in [0.25, 0.3) is 0 Å². The summed E-state index contributed by atoms with van der Waals surface area (Å²) in [6.07, 6.45) is 9.49. The number of aryl methyl sites for hydroxylation is 1. The van der Waals surface area contributed by atoms with E-state index in [1.54, 1.807) is 6.20 Å². The monoisotopic (exact) mass is 350 g/mol. The summed E-state index contributed by atoms with van der Waals surface area (Å²) in [5.74, 6) is 1.37. The highest BCUT2D eigenvalue weighted by Crippen LogP contribution is 2.40. The quantitative estimate of drug-likeness (QED) is 0.853. The van der Waals surface area contributed by atoms with Gasteiger partial charge in [-0.3, -0.25) is 9.78 Å². The maximum Gasteiger partial charge on any atom is 0.222 e. The second kappa shape index (κ2) is 7.06. The molecule has 1 amide bonds. The molecule has 1 unspecified atom stereocenters. The first-order valence-corrected chi connectivity index (χ1v) is 9.49. The molecule has 2 aliphatic heterocycles. The van der Waals surface area contributed by atoms with Crippen LogP contribution < -0.4 is 4.90 Å². The number of likely N-dealkylation sites (tertiary alicyclic amines) is 1. The van der Waals surface area contributed by atoms with Gasteiger partial charge in [0.15, 0.2) is 0 Å². The predicted molar refractivity (Wildman–Crippen MR) is 102 cm³/mol. The molecule has 5 heteroatoms. The molecule has 2 fully saturated rings. The van der Waals surface area contributed by atoms with E-state index in [2.05, 4.69) is 27.9 Å². The molecule has 4 rings (SSSR count). The Balaban J connectivity index is 1.52. The smallest absolute Gasteiger partial charge is 0.222 e. The van der Waals surface area contributed by atoms with Gasteiger partial charge in [-0.1, -0.05) is 12.1 Å². The van der Waals surface area contributed by atoms with E-state index in [4.69, 9.17) is 0 Å². The lowest BCUT2D eigenvalue weighted by Crippen LogP contribution is -2.54. The molecule has 26 heavy (non-hydrogen) atoms. The number of pyridine rings is 2. The number of carbonyl (C=O) groups is 1. The zero-order valence-electron chi connectivity index (χ0n) is 15.4. The van der Waals surface area contributed by atoms with Gasteiger partial charge in [0.05, 0.1) is 0 Å². The van der Waals surface area contributed by atoms with Crippen LogP contribution in [-0.2, 0) is 11.3 Å². The Morgan fingerprint density at radius 2 is 2.04 bits per heavy atom. The maximum atomic E-state index is 12.5. The molecule has 1 spiro atoms. The molecule has 136 valence electrons. The van der Waals surface area contributed by atoms with Gasteiger partial charge in [0.2, 0.25) is 5.91 Å². The van der Waals surface area contributed by atoms with Gasteiger partial charge < -0.3 is 9.80 Å². The SMILES string of the molecule is Cc1cccnc1N1CCCC2(CCC(=O)N(Cc3cccnc3)C2)C1. The summed E-state index contributed by atoms with van der Waals surface area (Å²) in [4.78, 5) is 25.8. The van der Waals surface area contributed by atoms with E-state index >= 15 is 0 Å². The summed E-state index contributed by atoms with van der Waals surface area (Å²) in [6, 6.07) is 8.11. The van der Waals surface area contributed by atoms with E-state index in [-0.39, 0.29) is 11.3 Å². The Bertz CT molecular complexity index is 779. The lowest BCUT2D eigenvalue weighted by Gasteiger charge is -2.48. The molecule has 2 aromatic rings. The second-order valence-corrected chi connectivity index (χ2v) is 7.78. The van der Waals surface area contributed by atoms with Crippen LogP contribution >= 0.6 is 0 Å². The Hall–Kier alpha value is -2.43. The molecule has 2 aromatic heterocycles. The number of carbonyl (C=O) groups excluding carboxylic acids is 1. The average Bonchev–Trinajstić information content (AvgIpc) is 2.66. The number of hydrogen-bond donors (Lipinski definition) is 0. The van der Waals surface area contributed by atoms with Crippen molar-refractivity contribution in [3.8, 4) is 0 Å². The number of hydrogen-bond acceptors (Lipinski definition) is 4. The van der Waals surface area contributed by atoms with Gasteiger partial charge in [-0.05, 0) is 49.4 Å². The van der Waals surface area contributed by atoms with Crippen molar-refractivity contribution >= 4 is 11.7 Å². The summed E-state index contributed by atoms with van der Waals surface area (Å²) < 4.78 is 0. The van der Waals surface area contributed by atoms with Crippen molar-refractivity contribution in [2.24, 2.45) is 5.41 Å². The Morgan fingerprint density at radius 3 is 2.85 bits per heavy atom. The summed E-state index contributed by atoms with van der Waals surface area (Å²) in [6.45, 7) is 5.67. The third-order valence-electron chi connectivity index (χ3n) is 5.79. The van der Waals surface area contributed by atoms with Gasteiger partial charge >= 0.3 is 0 Å². The largest absolute Gasteiger partial charge is 0.356 e. The van der Waals surface area contributed by atoms with E-state index in [0.29, 0.717) is 13.0 Å². The molecule has 0 bridgehead atoms. The predicted octanol–water partition coefficient (Wildman–Crippen LogP) is 3.19. The van der Waals surface area contributed by atoms with Crippen LogP contribution in [0, 0.1) is 12.3 Å². The van der Waals surface area contributed by atoms with Crippen molar-refractivity contribution in [2.45, 2.75) is 39.2 Å². The first kappa shape index (κ1) is 17.0. The van der Waals surface area contributed by atoms with Crippen LogP contribution in [0.15, 0.2) is 42.9 Å². The lowest BCUT2D eigenvalue weighted by molar-refractivity contribution is -0.138. The van der Waals surface area contributed by atoms with Crippen LogP contribution in [0.1, 0.15) is 36.8 Å². The molecular formula is C21H26N4O. The van der Waals surface area contributed by atoms with Crippen LogP contribution in [0.4, 0.5) is 5.82 Å². The first-order valence-electron chi connectivity index (χ1n) is 9.49. The molecule has 2 aliphatic rings. The third kappa shape index (κ3) is 3.43. The molecule has 2 saturated heterocycles. The summed E-state index contributed by atoms with van der Waals surface area (Å²) in [5.41, 5.74) is 2.51. The molecule has 0 aromatic carbocycles. The molecule has 5 nitrogen and oxygen atoms in total. The lowest BCUT2D eigenvalue weighted by atomic mass is 9.73. The highest BCUT2D eigenvalue weighted by molar-refractivity contribution is 5.77. The minimum Gasteiger partial charge on any atom is -0.356 e. The zero-order valence-corrected chi connectivity index (χ0v) is 15.4. The van der Waals surface area contributed by atoms with E-state index < -0.39 is 0 Å². The van der Waals surface area contributed by atoms with Crippen molar-refractivity contribution in [3.63, 3.8) is 0 Å². The normalized spacial score (nSPS) is 23.5. The number of nitrogens with zero attached hydrogens (tertiary/aromatic N) is 4. The fourth-order valence-electron chi connectivity index (χ4n) is 4.49. The second-order valence-electron chi connectivity index (χ2n) is 7.78. The van der Waals surface area contributed by atoms with Gasteiger partial charge in [-0.25, -0.2) is 4.98 Å². The Kier molecular flexibility index (Phi) is 4.62. The van der Waals surface area contributed by atoms with Gasteiger partial charge in [-0.15, -0.1) is 0 Å². The molecule has 1 atom stereocenters. The van der Waals surface area contributed by atoms with Crippen LogP contribution in [0.5, 0.6) is 0 Å². The minimum atomic E-state index is 0.179. The molecule has 0 radical (unpaired) electrons. The topological polar surface area (TPSA) is 49.3 Å². The number of amides is 1. The third-order valence-corrected chi connectivity index (χ3v) is 5.79. The van der Waals surface area contributed by atoms with Crippen molar-refractivity contribution in [2.75, 3.05) is 24.5 Å². The Morgan fingerprint density at radius 1 is 1.15 bits per heavy atom. The molecular weight excluding hydrogens is 324 g/mol. The summed E-state index contributed by atoms with van der Waals surface area (Å²) >= 11 is 0. The Labute approximate surface area is 155 Å². The fourth-order valence-corrected chi connectivity index (χ4v) is 4.49. The molecule has 0 aliphatic carbocycles. The van der Waals surface area contributed by atoms with E-state index in [9.17, 15) is 4.79 Å². The molecule has 0 saturated carbocycles. The van der Waals surface area contributed by atoms with Gasteiger partial charge in [0.25, 0.3) is 0 Å². The summed E-state index contributed by atoms with van der Waals surface area (Å²) in [7, 11) is 0.